The predicted octanol–water partition coefficient (Wildman–Crippen LogP) is 3.70. The number of hydrogen-bond acceptors (Lipinski definition) is 2. The number of anilines is 2. The van der Waals surface area contributed by atoms with E-state index in [0.29, 0.717) is 22.9 Å². The van der Waals surface area contributed by atoms with E-state index in [9.17, 15) is 4.39 Å². The molecule has 2 N–H and O–H groups in total. The molecule has 0 atom stereocenters. The minimum Gasteiger partial charge on any atom is -0.399 e. The molecule has 0 radical (unpaired) electrons. The zero-order valence-electron chi connectivity index (χ0n) is 10.0. The highest BCUT2D eigenvalue weighted by atomic mass is 35.5. The molecular weight excluding hydrogens is 251 g/mol. The Hall–Kier alpha value is -1.74. The third-order valence-corrected chi connectivity index (χ3v) is 3.12. The minimum absolute atomic E-state index is 0.329. The first-order chi connectivity index (χ1) is 8.58. The number of nitrogens with two attached hydrogens (primary N) is 1. The molecular formula is C14H14ClFN2. The average Bonchev–Trinajstić information content (AvgIpc) is 2.32. The lowest BCUT2D eigenvalue weighted by Crippen LogP contribution is -2.18. The second-order valence-corrected chi connectivity index (χ2v) is 4.57. The monoisotopic (exact) mass is 264 g/mol. The van der Waals surface area contributed by atoms with Crippen LogP contribution in [-0.4, -0.2) is 7.05 Å². The highest BCUT2D eigenvalue weighted by Gasteiger charge is 2.09. The van der Waals surface area contributed by atoms with Gasteiger partial charge in [0.05, 0.1) is 5.69 Å². The first kappa shape index (κ1) is 12.7. The van der Waals surface area contributed by atoms with E-state index in [1.165, 1.54) is 6.07 Å². The van der Waals surface area contributed by atoms with Crippen LogP contribution in [0, 0.1) is 5.82 Å². The summed E-state index contributed by atoms with van der Waals surface area (Å²) in [7, 11) is 1.82. The number of rotatable bonds is 3. The molecule has 0 heterocycles. The Kier molecular flexibility index (Phi) is 3.72. The third kappa shape index (κ3) is 2.74. The molecule has 0 saturated heterocycles. The molecule has 0 aliphatic heterocycles. The second kappa shape index (κ2) is 5.27. The smallest absolute Gasteiger partial charge is 0.148 e. The van der Waals surface area contributed by atoms with Gasteiger partial charge in [-0.25, -0.2) is 4.39 Å². The van der Waals surface area contributed by atoms with Gasteiger partial charge in [0, 0.05) is 24.3 Å². The Morgan fingerprint density at radius 2 is 1.94 bits per heavy atom. The molecule has 0 aromatic heterocycles. The SMILES string of the molecule is CN(Cc1ccccc1Cl)c1ccc(N)cc1F. The van der Waals surface area contributed by atoms with E-state index in [-0.39, 0.29) is 5.82 Å². The number of halogens is 2. The van der Waals surface area contributed by atoms with E-state index in [0.717, 1.165) is 5.56 Å². The number of benzene rings is 2. The van der Waals surface area contributed by atoms with Crippen LogP contribution in [0.1, 0.15) is 5.56 Å². The van der Waals surface area contributed by atoms with Crippen LogP contribution in [0.5, 0.6) is 0 Å². The fourth-order valence-corrected chi connectivity index (χ4v) is 2.00. The van der Waals surface area contributed by atoms with Crippen LogP contribution in [-0.2, 0) is 6.54 Å². The van der Waals surface area contributed by atoms with Crippen molar-refractivity contribution in [1.29, 1.82) is 0 Å². The maximum atomic E-state index is 13.7. The lowest BCUT2D eigenvalue weighted by Gasteiger charge is -2.20. The molecule has 18 heavy (non-hydrogen) atoms. The quantitative estimate of drug-likeness (QED) is 0.857. The lowest BCUT2D eigenvalue weighted by atomic mass is 10.2. The first-order valence-electron chi connectivity index (χ1n) is 5.57. The van der Waals surface area contributed by atoms with Crippen LogP contribution < -0.4 is 10.6 Å². The van der Waals surface area contributed by atoms with Gasteiger partial charge >= 0.3 is 0 Å². The van der Waals surface area contributed by atoms with Crippen molar-refractivity contribution in [3.63, 3.8) is 0 Å². The first-order valence-corrected chi connectivity index (χ1v) is 5.95. The molecule has 2 nitrogen and oxygen atoms in total. The van der Waals surface area contributed by atoms with Gasteiger partial charge in [-0.1, -0.05) is 29.8 Å². The van der Waals surface area contributed by atoms with Gasteiger partial charge in [-0.05, 0) is 29.8 Å². The molecule has 2 aromatic carbocycles. The summed E-state index contributed by atoms with van der Waals surface area (Å²) in [6, 6.07) is 12.2. The van der Waals surface area contributed by atoms with Gasteiger partial charge in [-0.2, -0.15) is 0 Å². The van der Waals surface area contributed by atoms with Crippen molar-refractivity contribution >= 4 is 23.0 Å². The van der Waals surface area contributed by atoms with Gasteiger partial charge < -0.3 is 10.6 Å². The highest BCUT2D eigenvalue weighted by molar-refractivity contribution is 6.31. The Labute approximate surface area is 111 Å². The predicted molar refractivity (Wildman–Crippen MR) is 74.4 cm³/mol. The van der Waals surface area contributed by atoms with E-state index >= 15 is 0 Å². The third-order valence-electron chi connectivity index (χ3n) is 2.75. The van der Waals surface area contributed by atoms with Crippen molar-refractivity contribution in [3.05, 3.63) is 58.9 Å². The standard InChI is InChI=1S/C14H14ClFN2/c1-18(9-10-4-2-3-5-12(10)15)14-7-6-11(17)8-13(14)16/h2-8H,9,17H2,1H3. The van der Waals surface area contributed by atoms with Crippen LogP contribution in [0.15, 0.2) is 42.5 Å². The number of nitrogen functional groups attached to an aromatic ring is 1. The average molecular weight is 265 g/mol. The Bertz CT molecular complexity index is 557. The summed E-state index contributed by atoms with van der Waals surface area (Å²) in [6.45, 7) is 0.542. The van der Waals surface area contributed by atoms with Crippen LogP contribution in [0.4, 0.5) is 15.8 Å². The Balaban J connectivity index is 2.22. The molecule has 0 aliphatic carbocycles. The second-order valence-electron chi connectivity index (χ2n) is 4.16. The summed E-state index contributed by atoms with van der Waals surface area (Å²) in [5.74, 6) is -0.329. The topological polar surface area (TPSA) is 29.3 Å². The fraction of sp³-hybridized carbons (Fsp3) is 0.143. The van der Waals surface area contributed by atoms with Crippen molar-refractivity contribution in [1.82, 2.24) is 0 Å². The lowest BCUT2D eigenvalue weighted by molar-refractivity contribution is 0.623. The number of nitrogens with zero attached hydrogens (tertiary/aromatic N) is 1. The van der Waals surface area contributed by atoms with Gasteiger partial charge in [-0.3, -0.25) is 0 Å². The molecule has 2 aromatic rings. The van der Waals surface area contributed by atoms with E-state index in [4.69, 9.17) is 17.3 Å². The summed E-state index contributed by atoms with van der Waals surface area (Å²) in [4.78, 5) is 1.80. The Morgan fingerprint density at radius 1 is 1.22 bits per heavy atom. The molecule has 4 heteroatoms. The zero-order chi connectivity index (χ0) is 13.1. The van der Waals surface area contributed by atoms with Gasteiger partial charge in [0.15, 0.2) is 0 Å². The minimum atomic E-state index is -0.329. The summed E-state index contributed by atoms with van der Waals surface area (Å²) >= 11 is 6.08. The molecule has 94 valence electrons. The van der Waals surface area contributed by atoms with E-state index in [2.05, 4.69) is 0 Å². The molecule has 0 spiro atoms. The van der Waals surface area contributed by atoms with Crippen LogP contribution >= 0.6 is 11.6 Å². The van der Waals surface area contributed by atoms with Crippen LogP contribution in [0.25, 0.3) is 0 Å². The van der Waals surface area contributed by atoms with Gasteiger partial charge in [-0.15, -0.1) is 0 Å². The summed E-state index contributed by atoms with van der Waals surface area (Å²) in [5.41, 5.74) is 7.40. The highest BCUT2D eigenvalue weighted by Crippen LogP contribution is 2.24. The van der Waals surface area contributed by atoms with Crippen molar-refractivity contribution in [3.8, 4) is 0 Å². The summed E-state index contributed by atoms with van der Waals surface area (Å²) in [5, 5.41) is 0.681. The molecule has 0 unspecified atom stereocenters. The van der Waals surface area contributed by atoms with Crippen molar-refractivity contribution < 1.29 is 4.39 Å². The van der Waals surface area contributed by atoms with Gasteiger partial charge in [0.2, 0.25) is 0 Å². The van der Waals surface area contributed by atoms with Crippen LogP contribution in [0.2, 0.25) is 5.02 Å². The van der Waals surface area contributed by atoms with Crippen molar-refractivity contribution in [2.45, 2.75) is 6.54 Å². The Morgan fingerprint density at radius 3 is 2.61 bits per heavy atom. The molecule has 0 fully saturated rings. The van der Waals surface area contributed by atoms with Gasteiger partial charge in [0.1, 0.15) is 5.82 Å². The zero-order valence-corrected chi connectivity index (χ0v) is 10.8. The maximum absolute atomic E-state index is 13.7. The maximum Gasteiger partial charge on any atom is 0.148 e. The van der Waals surface area contributed by atoms with Crippen LogP contribution in [0.3, 0.4) is 0 Å². The fourth-order valence-electron chi connectivity index (χ4n) is 1.80. The summed E-state index contributed by atoms with van der Waals surface area (Å²) < 4.78 is 13.7. The molecule has 0 amide bonds. The van der Waals surface area contributed by atoms with Crippen molar-refractivity contribution in [2.24, 2.45) is 0 Å². The summed E-state index contributed by atoms with van der Waals surface area (Å²) in [6.07, 6.45) is 0. The number of hydrogen-bond donors (Lipinski definition) is 1. The molecule has 2 rings (SSSR count). The van der Waals surface area contributed by atoms with Crippen molar-refractivity contribution in [2.75, 3.05) is 17.7 Å². The molecule has 0 bridgehead atoms. The van der Waals surface area contributed by atoms with E-state index in [1.807, 2.05) is 31.3 Å². The van der Waals surface area contributed by atoms with E-state index in [1.54, 1.807) is 17.0 Å². The van der Waals surface area contributed by atoms with E-state index < -0.39 is 0 Å². The molecule has 0 aliphatic rings. The molecule has 0 saturated carbocycles. The van der Waals surface area contributed by atoms with Gasteiger partial charge in [0.25, 0.3) is 0 Å². The largest absolute Gasteiger partial charge is 0.399 e. The normalized spacial score (nSPS) is 10.4.